The van der Waals surface area contributed by atoms with Crippen LogP contribution in [0.2, 0.25) is 0 Å². The van der Waals surface area contributed by atoms with Crippen LogP contribution in [0.1, 0.15) is 500 Å². The highest BCUT2D eigenvalue weighted by atomic mass is 32.2. The Morgan fingerprint density at radius 2 is 0.613 bits per heavy atom. The minimum absolute atomic E-state index is 0.169. The molecule has 4 saturated heterocycles. The van der Waals surface area contributed by atoms with Crippen LogP contribution in [0, 0.1) is 18.8 Å². The third kappa shape index (κ3) is 53.1. The number of benzene rings is 8. The van der Waals surface area contributed by atoms with E-state index in [0.29, 0.717) is 79.3 Å². The van der Waals surface area contributed by atoms with Crippen LogP contribution in [0.5, 0.6) is 0 Å². The Morgan fingerprint density at radius 3 is 0.973 bits per heavy atom. The topological polar surface area (TPSA) is 119 Å². The standard InChI is InChI=1S/C33H58O.C25H42O.C20H23OS2.C19H27OS.C14H19OS.C13H17OS.C13H19OS/c1-3-5-7-9-11-13-15-17-19-22-26-31(30-33(34)32-28-24-21-25-29-32)27-23-20-18-16-14-12-10-8-6-4-2;1-3-5-7-9-11-14-18-23(19-15-12-10-8-6-4-2)22-25(26)24-20-16-13-17-21-24;1-20(2,23-14-6-7-15-23)19(21)16-10-12-18(13-11-16)22-17-8-4-3-5-9-17;1-15(21-13-5-6-14-21)19(20)18-11-9-17(10-12-18)16-7-3-2-4-8-16;1-14(2,16-10-6-7-11-16)13(15)12-8-4-3-5-9-12;1-11-4-6-12(7-5-11)13(14)10-15-8-2-3-9-15;1-4-15(11(2)3)10-13(14)12-8-6-5-7-9-12/h21,24-25,28-29,31H,3-20,22-23,26-27,30H2,1-2H3;13,16-17,20-21,23H,3-12,14-15,18-19,22H2,1-2H3;3-5,8-13H,6-7,14-15H2,1-2H3;9-12,15-16H,2-8,13-14H2,1H3;3-5,8-9H,6-7,10-11H2,1-2H3;4-7H,2-3,8-10H2,1H3;5-9,11H,4,10H2,1-3H3/q;;5*+1. The quantitative estimate of drug-likeness (QED) is 0.0210. The summed E-state index contributed by atoms with van der Waals surface area (Å²) >= 11 is 1.73. The molecule has 0 N–H and O–H groups in total. The smallest absolute Gasteiger partial charge is 0.217 e. The number of ketones is 7. The van der Waals surface area contributed by atoms with Crippen LogP contribution in [-0.2, 0) is 54.5 Å². The van der Waals surface area contributed by atoms with E-state index in [4.69, 9.17) is 0 Å². The Morgan fingerprint density at radius 1 is 0.313 bits per heavy atom. The molecule has 0 radical (unpaired) electrons. The number of rotatable bonds is 62. The minimum Gasteiger partial charge on any atom is -0.294 e. The predicted molar refractivity (Wildman–Crippen MR) is 667 cm³/mol. The molecular formula is C137H205O7S6+5. The first kappa shape index (κ1) is 130. The molecule has 13 rings (SSSR count). The SMILES string of the molecule is CC(C(=O)c1ccc(C2CCCCC2)cc1)[S+]1CCCC1.CC(C)(C(=O)c1ccc(Sc2ccccc2)cc1)[S+]1CCCC1.CC(C)(C(=O)c1ccccc1)[S+]1CCCC1.CCCCCCCCC(CCCCCCCC)CC(=O)c1ccccc1.CCCCCCCCCCCCC(CCCCCCCCCCCC)CC(=O)c1ccccc1.CC[S+](CC(=O)c1ccccc1)C(C)C.Cc1ccc(C(=O)C[S+]2CCCC2)cc1. The Labute approximate surface area is 935 Å². The number of carbonyl (C=O) groups excluding carboxylic acids is 7. The van der Waals surface area contributed by atoms with Gasteiger partial charge >= 0.3 is 0 Å². The Hall–Kier alpha value is -6.45. The van der Waals surface area contributed by atoms with Gasteiger partial charge in [-0.3, -0.25) is 33.6 Å². The maximum atomic E-state index is 12.9. The number of unbranched alkanes of at least 4 members (excludes halogenated alkanes) is 28. The van der Waals surface area contributed by atoms with E-state index in [9.17, 15) is 33.6 Å². The second-order valence-electron chi connectivity index (χ2n) is 44.6. The van der Waals surface area contributed by atoms with E-state index in [1.165, 1.54) is 382 Å². The lowest BCUT2D eigenvalue weighted by Gasteiger charge is -2.22. The van der Waals surface area contributed by atoms with E-state index < -0.39 is 0 Å². The average Bonchev–Trinajstić information content (AvgIpc) is 1.49. The van der Waals surface area contributed by atoms with E-state index >= 15 is 0 Å². The molecule has 0 bridgehead atoms. The summed E-state index contributed by atoms with van der Waals surface area (Å²) in [6.07, 6.45) is 67.6. The number of hydrogen-bond donors (Lipinski definition) is 0. The molecule has 0 amide bonds. The molecule has 8 aromatic carbocycles. The summed E-state index contributed by atoms with van der Waals surface area (Å²) in [6, 6.07) is 74.2. The summed E-state index contributed by atoms with van der Waals surface area (Å²) in [7, 11) is 1.48. The van der Waals surface area contributed by atoms with Gasteiger partial charge in [-0.15, -0.1) is 0 Å². The molecule has 13 heteroatoms. The van der Waals surface area contributed by atoms with Crippen molar-refractivity contribution in [1.82, 2.24) is 0 Å². The van der Waals surface area contributed by atoms with Crippen molar-refractivity contribution >= 4 is 107 Å². The zero-order valence-corrected chi connectivity index (χ0v) is 101. The average molecular weight is 2160 g/mol. The van der Waals surface area contributed by atoms with Crippen molar-refractivity contribution in [2.45, 2.75) is 453 Å². The van der Waals surface area contributed by atoms with Crippen molar-refractivity contribution in [2.24, 2.45) is 11.8 Å². The molecule has 4 aliphatic heterocycles. The van der Waals surface area contributed by atoms with E-state index in [1.807, 2.05) is 183 Å². The highest BCUT2D eigenvalue weighted by Gasteiger charge is 2.49. The van der Waals surface area contributed by atoms with Crippen molar-refractivity contribution in [1.29, 1.82) is 0 Å². The number of carbonyl (C=O) groups is 7. The summed E-state index contributed by atoms with van der Waals surface area (Å²) in [5, 5.41) is 0.843. The lowest BCUT2D eigenvalue weighted by Crippen LogP contribution is -2.41. The van der Waals surface area contributed by atoms with Gasteiger partial charge in [0, 0.05) is 83.4 Å². The molecule has 2 unspecified atom stereocenters. The summed E-state index contributed by atoms with van der Waals surface area (Å²) in [6.45, 7) is 28.4. The first-order valence-corrected chi connectivity index (χ1v) is 69.1. The molecule has 4 heterocycles. The van der Waals surface area contributed by atoms with Crippen molar-refractivity contribution in [3.05, 3.63) is 275 Å². The normalized spacial score (nSPS) is 14.9. The van der Waals surface area contributed by atoms with Crippen molar-refractivity contribution < 1.29 is 33.6 Å². The molecule has 7 nitrogen and oxygen atoms in total. The van der Waals surface area contributed by atoms with Crippen molar-refractivity contribution in [3.63, 3.8) is 0 Å². The first-order valence-electron chi connectivity index (χ1n) is 60.2. The fraction of sp³-hybridized carbons (Fsp3) is 0.599. The Balaban J connectivity index is 0.000000241. The molecule has 0 aromatic heterocycles. The van der Waals surface area contributed by atoms with Crippen molar-refractivity contribution in [2.75, 3.05) is 63.3 Å². The van der Waals surface area contributed by atoms with E-state index in [-0.39, 0.29) is 53.2 Å². The second-order valence-corrected chi connectivity index (χ2v) is 59.2. The fourth-order valence-electron chi connectivity index (χ4n) is 21.3. The van der Waals surface area contributed by atoms with Gasteiger partial charge in [0.1, 0.15) is 57.0 Å². The molecular weight excluding hydrogens is 1950 g/mol. The van der Waals surface area contributed by atoms with Gasteiger partial charge in [-0.2, -0.15) is 0 Å². The molecule has 8 aromatic rings. The Bertz CT molecular complexity index is 4780. The molecule has 5 fully saturated rings. The molecule has 5 aliphatic rings. The van der Waals surface area contributed by atoms with Crippen LogP contribution < -0.4 is 0 Å². The maximum Gasteiger partial charge on any atom is 0.217 e. The third-order valence-corrected chi connectivity index (χ3v) is 46.6. The monoisotopic (exact) mass is 2150 g/mol. The van der Waals surface area contributed by atoms with Crippen LogP contribution in [0.3, 0.4) is 0 Å². The van der Waals surface area contributed by atoms with Crippen LogP contribution in [-0.4, -0.2) is 124 Å². The van der Waals surface area contributed by atoms with Gasteiger partial charge < -0.3 is 0 Å². The summed E-state index contributed by atoms with van der Waals surface area (Å²) in [5.41, 5.74) is 8.85. The van der Waals surface area contributed by atoms with Crippen molar-refractivity contribution in [3.8, 4) is 0 Å². The van der Waals surface area contributed by atoms with Crippen LogP contribution >= 0.6 is 11.8 Å². The predicted octanol–water partition coefficient (Wildman–Crippen LogP) is 38.4. The number of hydrogen-bond acceptors (Lipinski definition) is 8. The number of Topliss-reactive ketones (excluding diaryl/α,β-unsaturated/α-hetero) is 7. The lowest BCUT2D eigenvalue weighted by molar-refractivity contribution is 0.0946. The molecule has 0 spiro atoms. The third-order valence-electron chi connectivity index (χ3n) is 31.2. The summed E-state index contributed by atoms with van der Waals surface area (Å²) in [4.78, 5) is 89.7. The van der Waals surface area contributed by atoms with E-state index in [1.54, 1.807) is 11.8 Å². The molecule has 150 heavy (non-hydrogen) atoms. The summed E-state index contributed by atoms with van der Waals surface area (Å²) in [5.74, 6) is 16.8. The Kier molecular flexibility index (Phi) is 69.1. The van der Waals surface area contributed by atoms with Gasteiger partial charge in [-0.05, 0) is 207 Å². The van der Waals surface area contributed by atoms with Gasteiger partial charge in [0.15, 0.2) is 37.8 Å². The molecule has 1 aliphatic carbocycles. The minimum atomic E-state index is -0.218. The van der Waals surface area contributed by atoms with Crippen LogP contribution in [0.4, 0.5) is 0 Å². The van der Waals surface area contributed by atoms with Crippen LogP contribution in [0.15, 0.2) is 234 Å². The fourth-order valence-corrected chi connectivity index (χ4v) is 34.0. The van der Waals surface area contributed by atoms with Gasteiger partial charge in [-0.25, -0.2) is 0 Å². The van der Waals surface area contributed by atoms with E-state index in [2.05, 4.69) is 132 Å². The second kappa shape index (κ2) is 79.5. The molecule has 2 atom stereocenters. The van der Waals surface area contributed by atoms with Gasteiger partial charge in [0.2, 0.25) is 28.9 Å². The van der Waals surface area contributed by atoms with Gasteiger partial charge in [0.05, 0.1) is 0 Å². The van der Waals surface area contributed by atoms with Gasteiger partial charge in [-0.1, -0.05) is 496 Å². The highest BCUT2D eigenvalue weighted by molar-refractivity contribution is 8.00. The van der Waals surface area contributed by atoms with Crippen LogP contribution in [0.25, 0.3) is 0 Å². The maximum absolute atomic E-state index is 12.9. The zero-order chi connectivity index (χ0) is 108. The van der Waals surface area contributed by atoms with Gasteiger partial charge in [0.25, 0.3) is 0 Å². The largest absolute Gasteiger partial charge is 0.294 e. The van der Waals surface area contributed by atoms with E-state index in [0.717, 1.165) is 69.2 Å². The number of aryl methyl sites for hydroxylation is 1. The highest BCUT2D eigenvalue weighted by Crippen LogP contribution is 2.38. The lowest BCUT2D eigenvalue weighted by atomic mass is 9.84. The first-order chi connectivity index (χ1) is 72.9. The summed E-state index contributed by atoms with van der Waals surface area (Å²) < 4.78 is -0.386. The molecule has 826 valence electrons. The molecule has 1 saturated carbocycles. The zero-order valence-electron chi connectivity index (χ0n) is 96.4.